The van der Waals surface area contributed by atoms with Crippen LogP contribution in [0.3, 0.4) is 0 Å². The van der Waals surface area contributed by atoms with Crippen LogP contribution < -0.4 is 10.5 Å². The second-order valence-electron chi connectivity index (χ2n) is 4.28. The van der Waals surface area contributed by atoms with Crippen LogP contribution in [0.4, 0.5) is 4.39 Å². The summed E-state index contributed by atoms with van der Waals surface area (Å²) >= 11 is 0. The standard InChI is InChI=1S/C15H16FNO/c1-11(17)13-3-2-4-15(9-13)18-10-12-5-7-14(16)8-6-12/h2-9,11H,10,17H2,1H3/t11-/m0/s1. The van der Waals surface area contributed by atoms with E-state index in [1.54, 1.807) is 12.1 Å². The lowest BCUT2D eigenvalue weighted by atomic mass is 10.1. The summed E-state index contributed by atoms with van der Waals surface area (Å²) in [6, 6.07) is 14.0. The number of nitrogens with two attached hydrogens (primary N) is 1. The summed E-state index contributed by atoms with van der Waals surface area (Å²) in [4.78, 5) is 0. The third-order valence-corrected chi connectivity index (χ3v) is 2.70. The zero-order valence-corrected chi connectivity index (χ0v) is 10.3. The van der Waals surface area contributed by atoms with Gasteiger partial charge in [-0.3, -0.25) is 0 Å². The van der Waals surface area contributed by atoms with Crippen molar-refractivity contribution in [3.8, 4) is 5.75 Å². The Hall–Kier alpha value is -1.87. The minimum absolute atomic E-state index is 0.0145. The van der Waals surface area contributed by atoms with Gasteiger partial charge in [0.15, 0.2) is 0 Å². The Bertz CT molecular complexity index is 508. The minimum atomic E-state index is -0.238. The molecule has 0 heterocycles. The van der Waals surface area contributed by atoms with E-state index in [1.807, 2.05) is 31.2 Å². The van der Waals surface area contributed by atoms with Crippen molar-refractivity contribution in [3.05, 3.63) is 65.5 Å². The van der Waals surface area contributed by atoms with Crippen LogP contribution in [0, 0.1) is 5.82 Å². The minimum Gasteiger partial charge on any atom is -0.489 e. The van der Waals surface area contributed by atoms with Crippen LogP contribution in [0.5, 0.6) is 5.75 Å². The van der Waals surface area contributed by atoms with Gasteiger partial charge in [0, 0.05) is 6.04 Å². The van der Waals surface area contributed by atoms with Crippen LogP contribution in [0.1, 0.15) is 24.1 Å². The number of halogens is 1. The Morgan fingerprint density at radius 2 is 1.89 bits per heavy atom. The molecule has 0 aliphatic carbocycles. The molecule has 0 aliphatic heterocycles. The molecule has 0 spiro atoms. The molecular formula is C15H16FNO. The molecule has 0 aliphatic rings. The number of benzene rings is 2. The normalized spacial score (nSPS) is 12.2. The van der Waals surface area contributed by atoms with Crippen molar-refractivity contribution in [1.29, 1.82) is 0 Å². The summed E-state index contributed by atoms with van der Waals surface area (Å²) in [5.41, 5.74) is 7.78. The molecule has 0 fully saturated rings. The second kappa shape index (κ2) is 5.65. The van der Waals surface area contributed by atoms with Crippen molar-refractivity contribution in [2.75, 3.05) is 0 Å². The highest BCUT2D eigenvalue weighted by Gasteiger charge is 2.01. The molecule has 0 saturated heterocycles. The van der Waals surface area contributed by atoms with Crippen molar-refractivity contribution in [2.45, 2.75) is 19.6 Å². The van der Waals surface area contributed by atoms with Crippen LogP contribution in [0.15, 0.2) is 48.5 Å². The van der Waals surface area contributed by atoms with Gasteiger partial charge in [-0.05, 0) is 42.3 Å². The molecule has 0 bridgehead atoms. The third kappa shape index (κ3) is 3.31. The zero-order chi connectivity index (χ0) is 13.0. The maximum Gasteiger partial charge on any atom is 0.123 e. The molecule has 2 aromatic carbocycles. The van der Waals surface area contributed by atoms with Crippen molar-refractivity contribution < 1.29 is 9.13 Å². The smallest absolute Gasteiger partial charge is 0.123 e. The number of rotatable bonds is 4. The van der Waals surface area contributed by atoms with Crippen molar-refractivity contribution >= 4 is 0 Å². The van der Waals surface area contributed by atoms with E-state index >= 15 is 0 Å². The van der Waals surface area contributed by atoms with Gasteiger partial charge in [-0.15, -0.1) is 0 Å². The average Bonchev–Trinajstić information content (AvgIpc) is 2.38. The first kappa shape index (κ1) is 12.6. The predicted molar refractivity (Wildman–Crippen MR) is 69.8 cm³/mol. The Labute approximate surface area is 106 Å². The van der Waals surface area contributed by atoms with Crippen LogP contribution in [-0.4, -0.2) is 0 Å². The van der Waals surface area contributed by atoms with Gasteiger partial charge in [0.1, 0.15) is 18.2 Å². The highest BCUT2D eigenvalue weighted by molar-refractivity contribution is 5.30. The Balaban J connectivity index is 2.01. The quantitative estimate of drug-likeness (QED) is 0.895. The van der Waals surface area contributed by atoms with Crippen LogP contribution in [0.2, 0.25) is 0 Å². The molecule has 2 N–H and O–H groups in total. The van der Waals surface area contributed by atoms with Crippen molar-refractivity contribution in [2.24, 2.45) is 5.73 Å². The fourth-order valence-electron chi connectivity index (χ4n) is 1.63. The molecule has 0 aromatic heterocycles. The van der Waals surface area contributed by atoms with Gasteiger partial charge in [0.25, 0.3) is 0 Å². The van der Waals surface area contributed by atoms with Crippen LogP contribution in [-0.2, 0) is 6.61 Å². The zero-order valence-electron chi connectivity index (χ0n) is 10.3. The van der Waals surface area contributed by atoms with Crippen LogP contribution >= 0.6 is 0 Å². The summed E-state index contributed by atoms with van der Waals surface area (Å²) in [7, 11) is 0. The van der Waals surface area contributed by atoms with Gasteiger partial charge in [0.05, 0.1) is 0 Å². The SMILES string of the molecule is C[C@H](N)c1cccc(OCc2ccc(F)cc2)c1. The first-order valence-corrected chi connectivity index (χ1v) is 5.88. The lowest BCUT2D eigenvalue weighted by Gasteiger charge is -2.10. The lowest BCUT2D eigenvalue weighted by Crippen LogP contribution is -2.05. The van der Waals surface area contributed by atoms with E-state index in [4.69, 9.17) is 10.5 Å². The van der Waals surface area contributed by atoms with Gasteiger partial charge in [-0.2, -0.15) is 0 Å². The molecular weight excluding hydrogens is 229 g/mol. The monoisotopic (exact) mass is 245 g/mol. The summed E-state index contributed by atoms with van der Waals surface area (Å²) in [5.74, 6) is 0.534. The van der Waals surface area contributed by atoms with E-state index in [9.17, 15) is 4.39 Å². The van der Waals surface area contributed by atoms with Crippen molar-refractivity contribution in [3.63, 3.8) is 0 Å². The first-order valence-electron chi connectivity index (χ1n) is 5.88. The molecule has 0 amide bonds. The van der Waals surface area contributed by atoms with Gasteiger partial charge < -0.3 is 10.5 Å². The van der Waals surface area contributed by atoms with E-state index in [1.165, 1.54) is 12.1 Å². The summed E-state index contributed by atoms with van der Waals surface area (Å²) in [6.07, 6.45) is 0. The average molecular weight is 245 g/mol. The Morgan fingerprint density at radius 3 is 2.56 bits per heavy atom. The second-order valence-corrected chi connectivity index (χ2v) is 4.28. The lowest BCUT2D eigenvalue weighted by molar-refractivity contribution is 0.305. The van der Waals surface area contributed by atoms with Gasteiger partial charge >= 0.3 is 0 Å². The molecule has 2 aromatic rings. The Kier molecular flexibility index (Phi) is 3.95. The maximum atomic E-state index is 12.7. The Morgan fingerprint density at radius 1 is 1.17 bits per heavy atom. The molecule has 0 radical (unpaired) electrons. The predicted octanol–water partition coefficient (Wildman–Crippen LogP) is 3.42. The maximum absolute atomic E-state index is 12.7. The summed E-state index contributed by atoms with van der Waals surface area (Å²) in [5, 5.41) is 0. The fourth-order valence-corrected chi connectivity index (χ4v) is 1.63. The third-order valence-electron chi connectivity index (χ3n) is 2.70. The molecule has 0 saturated carbocycles. The van der Waals surface area contributed by atoms with Crippen LogP contribution in [0.25, 0.3) is 0 Å². The highest BCUT2D eigenvalue weighted by Crippen LogP contribution is 2.18. The van der Waals surface area contributed by atoms with Gasteiger partial charge in [-0.1, -0.05) is 24.3 Å². The molecule has 1 atom stereocenters. The molecule has 3 heteroatoms. The topological polar surface area (TPSA) is 35.2 Å². The fraction of sp³-hybridized carbons (Fsp3) is 0.200. The van der Waals surface area contributed by atoms with Gasteiger partial charge in [-0.25, -0.2) is 4.39 Å². The first-order chi connectivity index (χ1) is 8.65. The van der Waals surface area contributed by atoms with E-state index < -0.39 is 0 Å². The molecule has 2 rings (SSSR count). The number of ether oxygens (including phenoxy) is 1. The molecule has 94 valence electrons. The van der Waals surface area contributed by atoms with Crippen molar-refractivity contribution in [1.82, 2.24) is 0 Å². The number of hydrogen-bond acceptors (Lipinski definition) is 2. The molecule has 18 heavy (non-hydrogen) atoms. The van der Waals surface area contributed by atoms with E-state index in [2.05, 4.69) is 0 Å². The number of hydrogen-bond donors (Lipinski definition) is 1. The summed E-state index contributed by atoms with van der Waals surface area (Å²) in [6.45, 7) is 2.35. The molecule has 0 unspecified atom stereocenters. The highest BCUT2D eigenvalue weighted by atomic mass is 19.1. The van der Waals surface area contributed by atoms with Gasteiger partial charge in [0.2, 0.25) is 0 Å². The largest absolute Gasteiger partial charge is 0.489 e. The summed E-state index contributed by atoms with van der Waals surface area (Å²) < 4.78 is 18.4. The van der Waals surface area contributed by atoms with E-state index in [0.717, 1.165) is 16.9 Å². The van der Waals surface area contributed by atoms with E-state index in [0.29, 0.717) is 6.61 Å². The van der Waals surface area contributed by atoms with E-state index in [-0.39, 0.29) is 11.9 Å². The molecule has 2 nitrogen and oxygen atoms in total.